The molecule has 0 saturated carbocycles. The predicted octanol–water partition coefficient (Wildman–Crippen LogP) is 1.81. The summed E-state index contributed by atoms with van der Waals surface area (Å²) in [7, 11) is 1.30. The molecule has 0 spiro atoms. The van der Waals surface area contributed by atoms with E-state index in [0.29, 0.717) is 5.76 Å². The average Bonchev–Trinajstić information content (AvgIpc) is 2.19. The summed E-state index contributed by atoms with van der Waals surface area (Å²) < 4.78 is 9.49. The number of methoxy groups -OCH3 is 1. The first kappa shape index (κ1) is 11.0. The van der Waals surface area contributed by atoms with Gasteiger partial charge in [-0.3, -0.25) is 5.32 Å². The lowest BCUT2D eigenvalue weighted by atomic mass is 10.1. The highest BCUT2D eigenvalue weighted by atomic mass is 16.7. The number of carbonyl (C=O) groups is 1. The number of rotatable bonds is 1. The van der Waals surface area contributed by atoms with Crippen LogP contribution in [-0.4, -0.2) is 24.3 Å². The van der Waals surface area contributed by atoms with Gasteiger partial charge in [0.25, 0.3) is 0 Å². The van der Waals surface area contributed by atoms with E-state index in [2.05, 4.69) is 10.1 Å². The minimum absolute atomic E-state index is 0.160. The van der Waals surface area contributed by atoms with Gasteiger partial charge < -0.3 is 9.47 Å². The minimum Gasteiger partial charge on any atom is -0.437 e. The van der Waals surface area contributed by atoms with Gasteiger partial charge in [0.1, 0.15) is 5.76 Å². The summed E-state index contributed by atoms with van der Waals surface area (Å²) in [4.78, 5) is 11.0. The molecule has 1 aliphatic rings. The van der Waals surface area contributed by atoms with Gasteiger partial charge in [0.15, 0.2) is 0 Å². The Kier molecular flexibility index (Phi) is 2.58. The van der Waals surface area contributed by atoms with E-state index in [9.17, 15) is 4.79 Å². The summed E-state index contributed by atoms with van der Waals surface area (Å²) in [6.45, 7) is 7.94. The average molecular weight is 199 g/mol. The standard InChI is InChI=1S/C10H17NO3/c1-9(2)6-7(10(3,4)11-9)14-8(12)13-5/h6,11H,1-5H3. The molecule has 1 heterocycles. The minimum atomic E-state index is -0.677. The predicted molar refractivity (Wildman–Crippen MR) is 52.9 cm³/mol. The van der Waals surface area contributed by atoms with Crippen molar-refractivity contribution in [2.45, 2.75) is 38.8 Å². The SMILES string of the molecule is COC(=O)OC1=CC(C)(C)NC1(C)C. The summed E-state index contributed by atoms with van der Waals surface area (Å²) in [5, 5.41) is 3.32. The number of nitrogens with one attached hydrogen (secondary N) is 1. The Morgan fingerprint density at radius 3 is 2.29 bits per heavy atom. The van der Waals surface area contributed by atoms with Gasteiger partial charge in [-0.15, -0.1) is 0 Å². The number of hydrogen-bond acceptors (Lipinski definition) is 4. The van der Waals surface area contributed by atoms with Crippen LogP contribution in [0.3, 0.4) is 0 Å². The third kappa shape index (κ3) is 2.26. The number of ether oxygens (including phenoxy) is 2. The maximum Gasteiger partial charge on any atom is 0.513 e. The van der Waals surface area contributed by atoms with Crippen molar-refractivity contribution in [3.05, 3.63) is 11.8 Å². The second-order valence-electron chi connectivity index (χ2n) is 4.54. The van der Waals surface area contributed by atoms with Crippen LogP contribution in [0.2, 0.25) is 0 Å². The van der Waals surface area contributed by atoms with Gasteiger partial charge in [0.2, 0.25) is 0 Å². The molecule has 0 aliphatic carbocycles. The molecule has 0 unspecified atom stereocenters. The van der Waals surface area contributed by atoms with Crippen molar-refractivity contribution in [1.82, 2.24) is 5.32 Å². The van der Waals surface area contributed by atoms with E-state index < -0.39 is 6.16 Å². The first-order valence-electron chi connectivity index (χ1n) is 4.55. The van der Waals surface area contributed by atoms with Crippen LogP contribution in [0, 0.1) is 0 Å². The normalized spacial score (nSPS) is 22.8. The van der Waals surface area contributed by atoms with Crippen molar-refractivity contribution in [3.8, 4) is 0 Å². The molecule has 0 aromatic carbocycles. The molecular formula is C10H17NO3. The van der Waals surface area contributed by atoms with Crippen molar-refractivity contribution in [2.75, 3.05) is 7.11 Å². The lowest BCUT2D eigenvalue weighted by Gasteiger charge is -2.26. The van der Waals surface area contributed by atoms with Gasteiger partial charge in [-0.1, -0.05) is 0 Å². The molecule has 0 bridgehead atoms. The Morgan fingerprint density at radius 2 is 1.93 bits per heavy atom. The zero-order valence-corrected chi connectivity index (χ0v) is 9.30. The topological polar surface area (TPSA) is 47.6 Å². The summed E-state index contributed by atoms with van der Waals surface area (Å²) in [5.41, 5.74) is -0.495. The van der Waals surface area contributed by atoms with Gasteiger partial charge in [-0.25, -0.2) is 4.79 Å². The first-order chi connectivity index (χ1) is 6.27. The fraction of sp³-hybridized carbons (Fsp3) is 0.700. The molecule has 0 amide bonds. The summed E-state index contributed by atoms with van der Waals surface area (Å²) in [6, 6.07) is 0. The Bertz CT molecular complexity index is 279. The third-order valence-electron chi connectivity index (χ3n) is 2.10. The van der Waals surface area contributed by atoms with Crippen LogP contribution in [0.15, 0.2) is 11.8 Å². The van der Waals surface area contributed by atoms with Crippen molar-refractivity contribution in [2.24, 2.45) is 0 Å². The second-order valence-corrected chi connectivity index (χ2v) is 4.54. The van der Waals surface area contributed by atoms with Crippen molar-refractivity contribution in [3.63, 3.8) is 0 Å². The highest BCUT2D eigenvalue weighted by Crippen LogP contribution is 2.30. The Hall–Kier alpha value is -1.03. The van der Waals surface area contributed by atoms with E-state index in [4.69, 9.17) is 4.74 Å². The maximum atomic E-state index is 11.0. The maximum absolute atomic E-state index is 11.0. The zero-order valence-electron chi connectivity index (χ0n) is 9.30. The highest BCUT2D eigenvalue weighted by molar-refractivity contribution is 5.62. The number of carbonyl (C=O) groups excluding carboxylic acids is 1. The molecule has 80 valence electrons. The Labute approximate surface area is 84.3 Å². The van der Waals surface area contributed by atoms with Gasteiger partial charge in [0.05, 0.1) is 12.6 Å². The van der Waals surface area contributed by atoms with Crippen LogP contribution in [-0.2, 0) is 9.47 Å². The van der Waals surface area contributed by atoms with E-state index >= 15 is 0 Å². The van der Waals surface area contributed by atoms with Crippen LogP contribution >= 0.6 is 0 Å². The molecule has 4 nitrogen and oxygen atoms in total. The van der Waals surface area contributed by atoms with Crippen LogP contribution in [0.4, 0.5) is 4.79 Å². The molecule has 1 N–H and O–H groups in total. The van der Waals surface area contributed by atoms with E-state index in [1.165, 1.54) is 7.11 Å². The van der Waals surface area contributed by atoms with Gasteiger partial charge in [-0.2, -0.15) is 0 Å². The van der Waals surface area contributed by atoms with E-state index in [0.717, 1.165) is 0 Å². The van der Waals surface area contributed by atoms with Crippen molar-refractivity contribution >= 4 is 6.16 Å². The summed E-state index contributed by atoms with van der Waals surface area (Å²) >= 11 is 0. The molecule has 0 aromatic heterocycles. The largest absolute Gasteiger partial charge is 0.513 e. The van der Waals surface area contributed by atoms with E-state index in [1.54, 1.807) is 0 Å². The van der Waals surface area contributed by atoms with Crippen LogP contribution in [0.1, 0.15) is 27.7 Å². The molecule has 1 rings (SSSR count). The molecule has 4 heteroatoms. The monoisotopic (exact) mass is 199 g/mol. The first-order valence-corrected chi connectivity index (χ1v) is 4.55. The molecule has 14 heavy (non-hydrogen) atoms. The Morgan fingerprint density at radius 1 is 1.36 bits per heavy atom. The fourth-order valence-corrected chi connectivity index (χ4v) is 1.70. The quantitative estimate of drug-likeness (QED) is 0.654. The smallest absolute Gasteiger partial charge is 0.437 e. The number of hydrogen-bond donors (Lipinski definition) is 1. The van der Waals surface area contributed by atoms with Crippen LogP contribution < -0.4 is 5.32 Å². The zero-order chi connectivity index (χ0) is 11.0. The fourth-order valence-electron chi connectivity index (χ4n) is 1.70. The molecule has 0 radical (unpaired) electrons. The van der Waals surface area contributed by atoms with Crippen molar-refractivity contribution in [1.29, 1.82) is 0 Å². The van der Waals surface area contributed by atoms with Gasteiger partial charge in [0, 0.05) is 5.54 Å². The van der Waals surface area contributed by atoms with Crippen LogP contribution in [0.5, 0.6) is 0 Å². The highest BCUT2D eigenvalue weighted by Gasteiger charge is 2.39. The molecule has 0 aromatic rings. The van der Waals surface area contributed by atoms with E-state index in [1.807, 2.05) is 33.8 Å². The lowest BCUT2D eigenvalue weighted by molar-refractivity contribution is 0.0873. The molecule has 0 saturated heterocycles. The Balaban J connectivity index is 2.81. The van der Waals surface area contributed by atoms with Gasteiger partial charge in [-0.05, 0) is 33.8 Å². The van der Waals surface area contributed by atoms with Crippen molar-refractivity contribution < 1.29 is 14.3 Å². The molecule has 0 atom stereocenters. The second kappa shape index (κ2) is 3.28. The van der Waals surface area contributed by atoms with E-state index in [-0.39, 0.29) is 11.1 Å². The third-order valence-corrected chi connectivity index (χ3v) is 2.10. The molecular weight excluding hydrogens is 182 g/mol. The molecule has 0 fully saturated rings. The molecule has 1 aliphatic heterocycles. The summed E-state index contributed by atoms with van der Waals surface area (Å²) in [6.07, 6.45) is 1.22. The lowest BCUT2D eigenvalue weighted by Crippen LogP contribution is -2.46. The van der Waals surface area contributed by atoms with Gasteiger partial charge >= 0.3 is 6.16 Å². The summed E-state index contributed by atoms with van der Waals surface area (Å²) in [5.74, 6) is 0.606. The van der Waals surface area contributed by atoms with Crippen LogP contribution in [0.25, 0.3) is 0 Å².